The zero-order chi connectivity index (χ0) is 12.7. The molecule has 3 rings (SSSR count). The number of rotatable bonds is 1. The van der Waals surface area contributed by atoms with Crippen molar-refractivity contribution < 1.29 is 10.0 Å². The fraction of sp³-hybridized carbons (Fsp3) is 0.385. The maximum absolute atomic E-state index is 12.2. The van der Waals surface area contributed by atoms with E-state index in [0.717, 1.165) is 30.7 Å². The molecule has 1 amide bonds. The molecule has 1 N–H and O–H groups in total. The highest BCUT2D eigenvalue weighted by atomic mass is 16.5. The van der Waals surface area contributed by atoms with Crippen molar-refractivity contribution in [2.45, 2.75) is 19.8 Å². The number of likely N-dealkylation sites (tertiary alicyclic amines) is 1. The van der Waals surface area contributed by atoms with Crippen molar-refractivity contribution in [1.82, 2.24) is 14.6 Å². The number of fused-ring (bicyclic) bond motifs is 1. The molecule has 1 aliphatic heterocycles. The van der Waals surface area contributed by atoms with Crippen molar-refractivity contribution >= 4 is 16.9 Å². The number of hydrogen-bond donors (Lipinski definition) is 1. The van der Waals surface area contributed by atoms with Gasteiger partial charge in [0, 0.05) is 18.7 Å². The molecule has 0 aliphatic carbocycles. The standard InChI is InChI=1S/C13H15N3O2/c1-9-14-11-5-4-10(8-12(11)16(9)18)13(17)15-6-2-3-7-15/h4-5,8,18H,2-3,6-7H2,1H3. The highest BCUT2D eigenvalue weighted by Gasteiger charge is 2.20. The quantitative estimate of drug-likeness (QED) is 0.780. The Morgan fingerprint density at radius 1 is 1.33 bits per heavy atom. The average Bonchev–Trinajstić information content (AvgIpc) is 2.99. The first-order valence-corrected chi connectivity index (χ1v) is 6.14. The molecule has 0 saturated carbocycles. The van der Waals surface area contributed by atoms with Crippen molar-refractivity contribution in [2.75, 3.05) is 13.1 Å². The number of benzene rings is 1. The van der Waals surface area contributed by atoms with E-state index in [-0.39, 0.29) is 5.91 Å². The van der Waals surface area contributed by atoms with Gasteiger partial charge in [0.1, 0.15) is 11.3 Å². The Morgan fingerprint density at radius 3 is 2.78 bits per heavy atom. The minimum absolute atomic E-state index is 0.0354. The van der Waals surface area contributed by atoms with E-state index in [0.29, 0.717) is 22.4 Å². The first-order chi connectivity index (χ1) is 8.66. The van der Waals surface area contributed by atoms with Crippen LogP contribution < -0.4 is 0 Å². The third-order valence-electron chi connectivity index (χ3n) is 3.43. The Bertz CT molecular complexity index is 612. The van der Waals surface area contributed by atoms with Crippen LogP contribution in [0.3, 0.4) is 0 Å². The molecular weight excluding hydrogens is 230 g/mol. The molecule has 0 atom stereocenters. The first-order valence-electron chi connectivity index (χ1n) is 6.14. The van der Waals surface area contributed by atoms with Gasteiger partial charge in [0.2, 0.25) is 0 Å². The number of imidazole rings is 1. The number of aromatic nitrogens is 2. The van der Waals surface area contributed by atoms with Gasteiger partial charge in [-0.2, -0.15) is 4.73 Å². The molecule has 1 aromatic carbocycles. The minimum atomic E-state index is 0.0354. The zero-order valence-electron chi connectivity index (χ0n) is 10.3. The van der Waals surface area contributed by atoms with E-state index in [1.54, 1.807) is 25.1 Å². The van der Waals surface area contributed by atoms with Crippen LogP contribution in [0.25, 0.3) is 11.0 Å². The van der Waals surface area contributed by atoms with E-state index in [1.165, 1.54) is 0 Å². The summed E-state index contributed by atoms with van der Waals surface area (Å²) in [6.07, 6.45) is 2.15. The SMILES string of the molecule is Cc1nc2ccc(C(=O)N3CCCC3)cc2n1O. The minimum Gasteiger partial charge on any atom is -0.427 e. The van der Waals surface area contributed by atoms with Gasteiger partial charge in [0.25, 0.3) is 5.91 Å². The Kier molecular flexibility index (Phi) is 2.47. The van der Waals surface area contributed by atoms with Crippen LogP contribution in [0.1, 0.15) is 29.0 Å². The van der Waals surface area contributed by atoms with Crippen LogP contribution in [0.4, 0.5) is 0 Å². The molecule has 0 radical (unpaired) electrons. The Morgan fingerprint density at radius 2 is 2.06 bits per heavy atom. The molecular formula is C13H15N3O2. The topological polar surface area (TPSA) is 58.4 Å². The van der Waals surface area contributed by atoms with Gasteiger partial charge >= 0.3 is 0 Å². The number of amides is 1. The summed E-state index contributed by atoms with van der Waals surface area (Å²) in [7, 11) is 0. The zero-order valence-corrected chi connectivity index (χ0v) is 10.3. The van der Waals surface area contributed by atoms with Crippen LogP contribution >= 0.6 is 0 Å². The average molecular weight is 245 g/mol. The molecule has 1 aromatic heterocycles. The predicted octanol–water partition coefficient (Wildman–Crippen LogP) is 1.82. The summed E-state index contributed by atoms with van der Waals surface area (Å²) in [5.74, 6) is 0.559. The van der Waals surface area contributed by atoms with E-state index < -0.39 is 0 Å². The Labute approximate surface area is 105 Å². The number of carbonyl (C=O) groups is 1. The van der Waals surface area contributed by atoms with Crippen LogP contribution in [0.15, 0.2) is 18.2 Å². The van der Waals surface area contributed by atoms with Gasteiger partial charge in [-0.25, -0.2) is 4.98 Å². The molecule has 5 heteroatoms. The van der Waals surface area contributed by atoms with Gasteiger partial charge < -0.3 is 10.1 Å². The van der Waals surface area contributed by atoms with Crippen molar-refractivity contribution in [3.05, 3.63) is 29.6 Å². The number of hydrogen-bond acceptors (Lipinski definition) is 3. The van der Waals surface area contributed by atoms with Gasteiger partial charge in [0.05, 0.1) is 5.52 Å². The van der Waals surface area contributed by atoms with Crippen LogP contribution in [0, 0.1) is 6.92 Å². The lowest BCUT2D eigenvalue weighted by Gasteiger charge is -2.14. The van der Waals surface area contributed by atoms with Crippen LogP contribution in [-0.2, 0) is 0 Å². The smallest absolute Gasteiger partial charge is 0.253 e. The molecule has 2 heterocycles. The summed E-state index contributed by atoms with van der Waals surface area (Å²) in [4.78, 5) is 18.3. The summed E-state index contributed by atoms with van der Waals surface area (Å²) in [5.41, 5.74) is 1.89. The second kappa shape index (κ2) is 4.01. The molecule has 0 unspecified atom stereocenters. The largest absolute Gasteiger partial charge is 0.427 e. The molecule has 2 aromatic rings. The van der Waals surface area contributed by atoms with E-state index >= 15 is 0 Å². The second-order valence-corrected chi connectivity index (χ2v) is 4.67. The van der Waals surface area contributed by atoms with Crippen molar-refractivity contribution in [3.63, 3.8) is 0 Å². The summed E-state index contributed by atoms with van der Waals surface area (Å²) in [6, 6.07) is 5.25. The van der Waals surface area contributed by atoms with Gasteiger partial charge in [-0.3, -0.25) is 4.79 Å². The molecule has 1 fully saturated rings. The fourth-order valence-corrected chi connectivity index (χ4v) is 2.42. The van der Waals surface area contributed by atoms with Crippen LogP contribution in [-0.4, -0.2) is 38.8 Å². The molecule has 18 heavy (non-hydrogen) atoms. The first kappa shape index (κ1) is 11.1. The van der Waals surface area contributed by atoms with Crippen LogP contribution in [0.5, 0.6) is 0 Å². The lowest BCUT2D eigenvalue weighted by molar-refractivity contribution is 0.0793. The maximum Gasteiger partial charge on any atom is 0.253 e. The predicted molar refractivity (Wildman–Crippen MR) is 66.8 cm³/mol. The normalized spacial score (nSPS) is 15.5. The molecule has 0 bridgehead atoms. The number of aryl methyl sites for hydroxylation is 1. The van der Waals surface area contributed by atoms with Gasteiger partial charge in [0.15, 0.2) is 0 Å². The van der Waals surface area contributed by atoms with E-state index in [1.807, 2.05) is 4.90 Å². The number of carbonyl (C=O) groups excluding carboxylic acids is 1. The molecule has 1 aliphatic rings. The van der Waals surface area contributed by atoms with E-state index in [9.17, 15) is 10.0 Å². The Balaban J connectivity index is 2.02. The highest BCUT2D eigenvalue weighted by molar-refractivity contribution is 5.97. The molecule has 0 spiro atoms. The maximum atomic E-state index is 12.2. The lowest BCUT2D eigenvalue weighted by atomic mass is 10.2. The Hall–Kier alpha value is -2.04. The van der Waals surface area contributed by atoms with Gasteiger partial charge in [-0.15, -0.1) is 0 Å². The lowest BCUT2D eigenvalue weighted by Crippen LogP contribution is -2.27. The summed E-state index contributed by atoms with van der Waals surface area (Å²) in [5, 5.41) is 9.80. The number of nitrogens with zero attached hydrogens (tertiary/aromatic N) is 3. The van der Waals surface area contributed by atoms with Crippen molar-refractivity contribution in [3.8, 4) is 0 Å². The highest BCUT2D eigenvalue weighted by Crippen LogP contribution is 2.19. The summed E-state index contributed by atoms with van der Waals surface area (Å²) >= 11 is 0. The summed E-state index contributed by atoms with van der Waals surface area (Å²) in [6.45, 7) is 3.38. The molecule has 94 valence electrons. The second-order valence-electron chi connectivity index (χ2n) is 4.67. The fourth-order valence-electron chi connectivity index (χ4n) is 2.42. The van der Waals surface area contributed by atoms with E-state index in [2.05, 4.69) is 4.98 Å². The van der Waals surface area contributed by atoms with Crippen molar-refractivity contribution in [1.29, 1.82) is 0 Å². The van der Waals surface area contributed by atoms with Gasteiger partial charge in [-0.1, -0.05) is 0 Å². The van der Waals surface area contributed by atoms with Crippen LogP contribution in [0.2, 0.25) is 0 Å². The van der Waals surface area contributed by atoms with Crippen molar-refractivity contribution in [2.24, 2.45) is 0 Å². The van der Waals surface area contributed by atoms with E-state index in [4.69, 9.17) is 0 Å². The summed E-state index contributed by atoms with van der Waals surface area (Å²) < 4.78 is 1.02. The molecule has 1 saturated heterocycles. The molecule has 5 nitrogen and oxygen atoms in total. The van der Waals surface area contributed by atoms with Gasteiger partial charge in [-0.05, 0) is 38.0 Å². The third-order valence-corrected chi connectivity index (χ3v) is 3.43. The third kappa shape index (κ3) is 1.63. The monoisotopic (exact) mass is 245 g/mol.